The minimum Gasteiger partial charge on any atom is -0.505 e. The molecule has 0 aliphatic rings. The molecule has 4 N–H and O–H groups in total. The van der Waals surface area contributed by atoms with Gasteiger partial charge < -0.3 is 16.2 Å². The first-order valence-electron chi connectivity index (χ1n) is 6.36. The minimum atomic E-state index is -0.294. The average Bonchev–Trinajstić information content (AvgIpc) is 2.38. The van der Waals surface area contributed by atoms with E-state index in [-0.39, 0.29) is 11.7 Å². The Morgan fingerprint density at radius 1 is 1.10 bits per heavy atom. The number of nitrogens with one attached hydrogen (secondary N) is 1. The van der Waals surface area contributed by atoms with Crippen molar-refractivity contribution in [3.8, 4) is 5.75 Å². The van der Waals surface area contributed by atoms with Crippen LogP contribution in [0, 0.1) is 20.8 Å². The molecule has 0 radical (unpaired) electrons. The molecular weight excluding hydrogens is 252 g/mol. The zero-order valence-corrected chi connectivity index (χ0v) is 11.8. The van der Waals surface area contributed by atoms with Gasteiger partial charge in [0.15, 0.2) is 0 Å². The number of nitrogens with two attached hydrogens (primary N) is 1. The van der Waals surface area contributed by atoms with Gasteiger partial charge in [-0.3, -0.25) is 4.79 Å². The van der Waals surface area contributed by atoms with Crippen molar-refractivity contribution in [1.82, 2.24) is 0 Å². The fourth-order valence-corrected chi connectivity index (χ4v) is 2.03. The molecule has 0 aromatic heterocycles. The fraction of sp³-hybridized carbons (Fsp3) is 0.188. The van der Waals surface area contributed by atoms with E-state index >= 15 is 0 Å². The Morgan fingerprint density at radius 3 is 2.45 bits per heavy atom. The van der Waals surface area contributed by atoms with E-state index in [1.54, 1.807) is 31.2 Å². The number of benzene rings is 2. The van der Waals surface area contributed by atoms with Gasteiger partial charge in [0.25, 0.3) is 5.91 Å². The van der Waals surface area contributed by atoms with Crippen molar-refractivity contribution in [2.75, 3.05) is 11.1 Å². The van der Waals surface area contributed by atoms with E-state index in [9.17, 15) is 9.90 Å². The molecule has 0 spiro atoms. The molecule has 2 aromatic rings. The van der Waals surface area contributed by atoms with Gasteiger partial charge in [-0.15, -0.1) is 0 Å². The Bertz CT molecular complexity index is 678. The second-order valence-electron chi connectivity index (χ2n) is 5.00. The van der Waals surface area contributed by atoms with E-state index in [1.807, 2.05) is 19.9 Å². The quantitative estimate of drug-likeness (QED) is 0.579. The molecule has 0 bridgehead atoms. The Labute approximate surface area is 118 Å². The molecule has 0 fully saturated rings. The predicted octanol–water partition coefficient (Wildman–Crippen LogP) is 3.15. The number of aryl methyl sites for hydroxylation is 3. The number of rotatable bonds is 2. The summed E-state index contributed by atoms with van der Waals surface area (Å²) in [7, 11) is 0. The summed E-state index contributed by atoms with van der Waals surface area (Å²) in [5.74, 6) is -0.207. The van der Waals surface area contributed by atoms with Gasteiger partial charge in [0.2, 0.25) is 0 Å². The van der Waals surface area contributed by atoms with Crippen LogP contribution in [0.5, 0.6) is 5.75 Å². The number of hydrogen-bond donors (Lipinski definition) is 3. The maximum atomic E-state index is 12.2. The van der Waals surface area contributed by atoms with Crippen molar-refractivity contribution in [2.24, 2.45) is 0 Å². The number of carbonyl (C=O) groups is 1. The lowest BCUT2D eigenvalue weighted by Gasteiger charge is -2.11. The molecule has 2 aromatic carbocycles. The van der Waals surface area contributed by atoms with Crippen LogP contribution in [0.15, 0.2) is 30.3 Å². The highest BCUT2D eigenvalue weighted by molar-refractivity contribution is 6.05. The van der Waals surface area contributed by atoms with Crippen LogP contribution in [-0.2, 0) is 0 Å². The summed E-state index contributed by atoms with van der Waals surface area (Å²) < 4.78 is 0. The van der Waals surface area contributed by atoms with Crippen LogP contribution in [-0.4, -0.2) is 11.0 Å². The van der Waals surface area contributed by atoms with Crippen LogP contribution >= 0.6 is 0 Å². The molecular formula is C16H18N2O2. The molecule has 2 rings (SSSR count). The Balaban J connectivity index is 2.30. The number of aromatic hydroxyl groups is 1. The third-order valence-electron chi connectivity index (χ3n) is 3.23. The molecule has 104 valence electrons. The fourth-order valence-electron chi connectivity index (χ4n) is 2.03. The summed E-state index contributed by atoms with van der Waals surface area (Å²) in [5, 5.41) is 12.7. The van der Waals surface area contributed by atoms with Crippen LogP contribution < -0.4 is 11.1 Å². The van der Waals surface area contributed by atoms with Crippen LogP contribution in [0.4, 0.5) is 11.4 Å². The van der Waals surface area contributed by atoms with Gasteiger partial charge in [-0.1, -0.05) is 12.1 Å². The first-order chi connectivity index (χ1) is 9.38. The normalized spacial score (nSPS) is 10.3. The number of carbonyl (C=O) groups excluding carboxylic acids is 1. The molecule has 20 heavy (non-hydrogen) atoms. The predicted molar refractivity (Wildman–Crippen MR) is 81.1 cm³/mol. The maximum absolute atomic E-state index is 12.2. The summed E-state index contributed by atoms with van der Waals surface area (Å²) >= 11 is 0. The molecule has 1 amide bonds. The lowest BCUT2D eigenvalue weighted by Crippen LogP contribution is -2.13. The van der Waals surface area contributed by atoms with Crippen LogP contribution in [0.3, 0.4) is 0 Å². The lowest BCUT2D eigenvalue weighted by molar-refractivity contribution is 0.102. The molecule has 0 heterocycles. The standard InChI is InChI=1S/C16H18N2O2/c1-9-6-11(3)15(19)14(7-9)18-16(20)12-5-4-10(2)13(17)8-12/h4-8,19H,17H2,1-3H3,(H,18,20). The zero-order valence-electron chi connectivity index (χ0n) is 11.8. The number of anilines is 2. The summed E-state index contributed by atoms with van der Waals surface area (Å²) in [5.41, 5.74) is 9.87. The first-order valence-corrected chi connectivity index (χ1v) is 6.36. The summed E-state index contributed by atoms with van der Waals surface area (Å²) in [6.07, 6.45) is 0. The van der Waals surface area contributed by atoms with E-state index in [1.165, 1.54) is 0 Å². The molecule has 0 saturated heterocycles. The number of amides is 1. The van der Waals surface area contributed by atoms with Gasteiger partial charge in [0.05, 0.1) is 5.69 Å². The van der Waals surface area contributed by atoms with Crippen LogP contribution in [0.2, 0.25) is 0 Å². The van der Waals surface area contributed by atoms with Crippen LogP contribution in [0.25, 0.3) is 0 Å². The van der Waals surface area contributed by atoms with Crippen LogP contribution in [0.1, 0.15) is 27.0 Å². The average molecular weight is 270 g/mol. The molecule has 0 aliphatic carbocycles. The second-order valence-corrected chi connectivity index (χ2v) is 5.00. The highest BCUT2D eigenvalue weighted by Crippen LogP contribution is 2.29. The molecule has 0 unspecified atom stereocenters. The number of phenolic OH excluding ortho intramolecular Hbond substituents is 1. The first kappa shape index (κ1) is 13.9. The highest BCUT2D eigenvalue weighted by atomic mass is 16.3. The van der Waals surface area contributed by atoms with E-state index in [0.29, 0.717) is 16.9 Å². The van der Waals surface area contributed by atoms with Crippen molar-refractivity contribution in [1.29, 1.82) is 0 Å². The highest BCUT2D eigenvalue weighted by Gasteiger charge is 2.11. The van der Waals surface area contributed by atoms with E-state index < -0.39 is 0 Å². The SMILES string of the molecule is Cc1cc(C)c(O)c(NC(=O)c2ccc(C)c(N)c2)c1. The largest absolute Gasteiger partial charge is 0.505 e. The minimum absolute atomic E-state index is 0.0871. The van der Waals surface area contributed by atoms with Crippen molar-refractivity contribution >= 4 is 17.3 Å². The zero-order chi connectivity index (χ0) is 14.9. The summed E-state index contributed by atoms with van der Waals surface area (Å²) in [6.45, 7) is 5.58. The Morgan fingerprint density at radius 2 is 1.80 bits per heavy atom. The monoisotopic (exact) mass is 270 g/mol. The third kappa shape index (κ3) is 2.74. The Hall–Kier alpha value is -2.49. The van der Waals surface area contributed by atoms with E-state index in [2.05, 4.69) is 5.32 Å². The van der Waals surface area contributed by atoms with Crippen molar-refractivity contribution in [3.63, 3.8) is 0 Å². The van der Waals surface area contributed by atoms with Gasteiger partial charge in [-0.25, -0.2) is 0 Å². The van der Waals surface area contributed by atoms with Gasteiger partial charge in [-0.05, 0) is 55.7 Å². The topological polar surface area (TPSA) is 75.3 Å². The summed E-state index contributed by atoms with van der Waals surface area (Å²) in [4.78, 5) is 12.2. The van der Waals surface area contributed by atoms with Crippen molar-refractivity contribution < 1.29 is 9.90 Å². The summed E-state index contributed by atoms with van der Waals surface area (Å²) in [6, 6.07) is 8.73. The van der Waals surface area contributed by atoms with Crippen molar-refractivity contribution in [3.05, 3.63) is 52.6 Å². The number of hydrogen-bond acceptors (Lipinski definition) is 3. The maximum Gasteiger partial charge on any atom is 0.255 e. The number of nitrogen functional groups attached to an aromatic ring is 1. The molecule has 0 atom stereocenters. The smallest absolute Gasteiger partial charge is 0.255 e. The Kier molecular flexibility index (Phi) is 3.66. The molecule has 0 aliphatic heterocycles. The third-order valence-corrected chi connectivity index (χ3v) is 3.23. The molecule has 0 saturated carbocycles. The van der Waals surface area contributed by atoms with Gasteiger partial charge in [-0.2, -0.15) is 0 Å². The molecule has 4 heteroatoms. The van der Waals surface area contributed by atoms with E-state index in [4.69, 9.17) is 5.73 Å². The van der Waals surface area contributed by atoms with E-state index in [0.717, 1.165) is 16.7 Å². The van der Waals surface area contributed by atoms with Gasteiger partial charge in [0, 0.05) is 11.3 Å². The number of phenols is 1. The van der Waals surface area contributed by atoms with Gasteiger partial charge >= 0.3 is 0 Å². The van der Waals surface area contributed by atoms with Gasteiger partial charge in [0.1, 0.15) is 5.75 Å². The van der Waals surface area contributed by atoms with Crippen molar-refractivity contribution in [2.45, 2.75) is 20.8 Å². The second kappa shape index (κ2) is 5.25. The molecule has 4 nitrogen and oxygen atoms in total. The lowest BCUT2D eigenvalue weighted by atomic mass is 10.1.